The number of ether oxygens (including phenoxy) is 1. The van der Waals surface area contributed by atoms with Crippen molar-refractivity contribution in [2.75, 3.05) is 6.61 Å². The first-order valence-corrected chi connectivity index (χ1v) is 8.77. The molecule has 6 heteroatoms. The number of halogens is 2. The summed E-state index contributed by atoms with van der Waals surface area (Å²) in [6.07, 6.45) is 0. The maximum absolute atomic E-state index is 12.3. The topological polar surface area (TPSA) is 54.1 Å². The fourth-order valence-corrected chi connectivity index (χ4v) is 3.40. The third-order valence-electron chi connectivity index (χ3n) is 3.87. The van der Waals surface area contributed by atoms with Crippen molar-refractivity contribution in [3.05, 3.63) is 69.3 Å². The first-order chi connectivity index (χ1) is 12.1. The van der Waals surface area contributed by atoms with E-state index < -0.39 is 5.97 Å². The number of carbonyl (C=O) groups excluding carboxylic acids is 1. The van der Waals surface area contributed by atoms with Gasteiger partial charge in [-0.05, 0) is 24.6 Å². The van der Waals surface area contributed by atoms with Crippen LogP contribution in [0.5, 0.6) is 0 Å². The van der Waals surface area contributed by atoms with Gasteiger partial charge in [-0.2, -0.15) is 0 Å². The minimum atomic E-state index is -0.401. The average molecular weight is 377 g/mol. The Labute approximate surface area is 156 Å². The minimum absolute atomic E-state index is 0.305. The number of nitrogens with one attached hydrogen (secondary N) is 2. The Balaban J connectivity index is 1.93. The lowest BCUT2D eigenvalue weighted by Gasteiger charge is -2.08. The Morgan fingerprint density at radius 3 is 2.64 bits per heavy atom. The second kappa shape index (κ2) is 7.91. The van der Waals surface area contributed by atoms with Gasteiger partial charge >= 0.3 is 5.97 Å². The van der Waals surface area contributed by atoms with Crippen LogP contribution in [0.4, 0.5) is 0 Å². The second-order valence-corrected chi connectivity index (χ2v) is 6.44. The Hall–Kier alpha value is -2.01. The largest absolute Gasteiger partial charge is 0.461 e. The highest BCUT2D eigenvalue weighted by molar-refractivity contribution is 6.39. The fourth-order valence-electron chi connectivity index (χ4n) is 2.80. The molecule has 1 heterocycles. The number of aromatic amines is 1. The van der Waals surface area contributed by atoms with Gasteiger partial charge in [0, 0.05) is 34.6 Å². The van der Waals surface area contributed by atoms with Gasteiger partial charge in [-0.3, -0.25) is 0 Å². The van der Waals surface area contributed by atoms with E-state index in [2.05, 4.69) is 10.3 Å². The van der Waals surface area contributed by atoms with Gasteiger partial charge in [0.15, 0.2) is 0 Å². The van der Waals surface area contributed by atoms with Crippen LogP contribution >= 0.6 is 23.2 Å². The van der Waals surface area contributed by atoms with Crippen LogP contribution in [0.25, 0.3) is 10.9 Å². The molecular weight excluding hydrogens is 359 g/mol. The highest BCUT2D eigenvalue weighted by Gasteiger charge is 2.20. The van der Waals surface area contributed by atoms with Gasteiger partial charge in [-0.25, -0.2) is 4.79 Å². The van der Waals surface area contributed by atoms with Crippen molar-refractivity contribution in [3.63, 3.8) is 0 Å². The molecule has 1 aromatic heterocycles. The number of carbonyl (C=O) groups is 1. The van der Waals surface area contributed by atoms with E-state index in [1.165, 1.54) is 0 Å². The molecule has 3 aromatic rings. The van der Waals surface area contributed by atoms with Gasteiger partial charge in [-0.15, -0.1) is 0 Å². The maximum atomic E-state index is 12.3. The fraction of sp³-hybridized carbons (Fsp3) is 0.211. The SMILES string of the molecule is CCOC(=O)c1[nH]c2cc(Cl)cc(Cl)c2c1CNCc1ccccc1. The standard InChI is InChI=1S/C19H18Cl2N2O2/c1-2-25-19(24)18-14(11-22-10-12-6-4-3-5-7-12)17-15(21)8-13(20)9-16(17)23-18/h3-9,22-23H,2,10-11H2,1H3. The van der Waals surface area contributed by atoms with E-state index in [1.54, 1.807) is 19.1 Å². The van der Waals surface area contributed by atoms with Crippen LogP contribution in [-0.2, 0) is 17.8 Å². The third kappa shape index (κ3) is 3.98. The molecule has 130 valence electrons. The monoisotopic (exact) mass is 376 g/mol. The number of fused-ring (bicyclic) bond motifs is 1. The number of rotatable bonds is 6. The van der Waals surface area contributed by atoms with Crippen LogP contribution in [0.1, 0.15) is 28.5 Å². The van der Waals surface area contributed by atoms with Gasteiger partial charge in [-0.1, -0.05) is 53.5 Å². The average Bonchev–Trinajstić information content (AvgIpc) is 2.95. The van der Waals surface area contributed by atoms with Crippen LogP contribution in [0.15, 0.2) is 42.5 Å². The predicted molar refractivity (Wildman–Crippen MR) is 101 cm³/mol. The van der Waals surface area contributed by atoms with Crippen molar-refractivity contribution in [1.29, 1.82) is 0 Å². The summed E-state index contributed by atoms with van der Waals surface area (Å²) in [5, 5.41) is 5.16. The molecule has 0 fully saturated rings. The highest BCUT2D eigenvalue weighted by atomic mass is 35.5. The second-order valence-electron chi connectivity index (χ2n) is 5.60. The van der Waals surface area contributed by atoms with E-state index in [0.29, 0.717) is 35.4 Å². The molecule has 3 rings (SSSR count). The highest BCUT2D eigenvalue weighted by Crippen LogP contribution is 2.33. The molecule has 25 heavy (non-hydrogen) atoms. The molecule has 0 atom stereocenters. The molecule has 2 aromatic carbocycles. The molecule has 0 saturated heterocycles. The summed E-state index contributed by atoms with van der Waals surface area (Å²) < 4.78 is 5.16. The summed E-state index contributed by atoms with van der Waals surface area (Å²) in [5.74, 6) is -0.401. The molecular formula is C19H18Cl2N2O2. The van der Waals surface area contributed by atoms with Gasteiger partial charge in [0.05, 0.1) is 11.6 Å². The van der Waals surface area contributed by atoms with Crippen LogP contribution < -0.4 is 5.32 Å². The van der Waals surface area contributed by atoms with Crippen molar-refractivity contribution in [2.45, 2.75) is 20.0 Å². The van der Waals surface area contributed by atoms with E-state index in [9.17, 15) is 4.79 Å². The zero-order chi connectivity index (χ0) is 17.8. The number of H-pyrrole nitrogens is 1. The first-order valence-electron chi connectivity index (χ1n) is 8.01. The van der Waals surface area contributed by atoms with Gasteiger partial charge < -0.3 is 15.0 Å². The predicted octanol–water partition coefficient (Wildman–Crippen LogP) is 4.94. The van der Waals surface area contributed by atoms with E-state index in [4.69, 9.17) is 27.9 Å². The van der Waals surface area contributed by atoms with Gasteiger partial charge in [0.2, 0.25) is 0 Å². The zero-order valence-electron chi connectivity index (χ0n) is 13.7. The number of hydrogen-bond donors (Lipinski definition) is 2. The summed E-state index contributed by atoms with van der Waals surface area (Å²) in [4.78, 5) is 15.4. The molecule has 4 nitrogen and oxygen atoms in total. The summed E-state index contributed by atoms with van der Waals surface area (Å²) in [6.45, 7) is 3.24. The number of hydrogen-bond acceptors (Lipinski definition) is 3. The summed E-state index contributed by atoms with van der Waals surface area (Å²) in [7, 11) is 0. The molecule has 0 radical (unpaired) electrons. The first kappa shape index (κ1) is 17.8. The normalized spacial score (nSPS) is 11.0. The van der Waals surface area contributed by atoms with Gasteiger partial charge in [0.25, 0.3) is 0 Å². The summed E-state index contributed by atoms with van der Waals surface area (Å²) >= 11 is 12.4. The van der Waals surface area contributed by atoms with Gasteiger partial charge in [0.1, 0.15) is 5.69 Å². The molecule has 2 N–H and O–H groups in total. The van der Waals surface area contributed by atoms with E-state index >= 15 is 0 Å². The Bertz CT molecular complexity index is 891. The smallest absolute Gasteiger partial charge is 0.355 e. The van der Waals surface area contributed by atoms with Crippen LogP contribution in [-0.4, -0.2) is 17.6 Å². The Kier molecular flexibility index (Phi) is 5.63. The molecule has 0 aliphatic rings. The lowest BCUT2D eigenvalue weighted by Crippen LogP contribution is -2.16. The number of aromatic nitrogens is 1. The molecule has 0 spiro atoms. The lowest BCUT2D eigenvalue weighted by atomic mass is 10.1. The maximum Gasteiger partial charge on any atom is 0.355 e. The van der Waals surface area contributed by atoms with E-state index in [1.807, 2.05) is 30.3 Å². The molecule has 0 saturated carbocycles. The minimum Gasteiger partial charge on any atom is -0.461 e. The Morgan fingerprint density at radius 2 is 1.92 bits per heavy atom. The molecule has 0 aliphatic heterocycles. The quantitative estimate of drug-likeness (QED) is 0.598. The van der Waals surface area contributed by atoms with Crippen molar-refractivity contribution in [3.8, 4) is 0 Å². The van der Waals surface area contributed by atoms with Crippen LogP contribution in [0.2, 0.25) is 10.0 Å². The van der Waals surface area contributed by atoms with Crippen molar-refractivity contribution >= 4 is 40.1 Å². The van der Waals surface area contributed by atoms with Crippen molar-refractivity contribution in [2.24, 2.45) is 0 Å². The van der Waals surface area contributed by atoms with Crippen molar-refractivity contribution in [1.82, 2.24) is 10.3 Å². The van der Waals surface area contributed by atoms with Crippen LogP contribution in [0.3, 0.4) is 0 Å². The van der Waals surface area contributed by atoms with Crippen LogP contribution in [0, 0.1) is 0 Å². The summed E-state index contributed by atoms with van der Waals surface area (Å²) in [5.41, 5.74) is 3.07. The number of benzene rings is 2. The van der Waals surface area contributed by atoms with Crippen molar-refractivity contribution < 1.29 is 9.53 Å². The molecule has 0 unspecified atom stereocenters. The third-order valence-corrected chi connectivity index (χ3v) is 4.39. The van der Waals surface area contributed by atoms with E-state index in [-0.39, 0.29) is 0 Å². The Morgan fingerprint density at radius 1 is 1.16 bits per heavy atom. The summed E-state index contributed by atoms with van der Waals surface area (Å²) in [6, 6.07) is 13.5. The van der Waals surface area contributed by atoms with E-state index in [0.717, 1.165) is 22.0 Å². The molecule has 0 aliphatic carbocycles. The lowest BCUT2D eigenvalue weighted by molar-refractivity contribution is 0.0519. The molecule has 0 amide bonds. The zero-order valence-corrected chi connectivity index (χ0v) is 15.2. The molecule has 0 bridgehead atoms. The number of esters is 1.